The van der Waals surface area contributed by atoms with E-state index in [9.17, 15) is 18.0 Å². The standard InChI is InChI=1S/C29H35N3O5S/c1-5-30-29(34)23(4)31(20-24-13-11-10-12-22(24)3)28(33)21-32(25-14-8-7-9-15-25)38(35,36)27-18-16-26(17-19-27)37-6-2/h7-19,23H,5-6,20-21H2,1-4H3,(H,30,34). The lowest BCUT2D eigenvalue weighted by Gasteiger charge is -2.32. The van der Waals surface area contributed by atoms with Crippen LogP contribution in [0.2, 0.25) is 0 Å². The molecule has 2 amide bonds. The third-order valence-corrected chi connectivity index (χ3v) is 7.95. The Balaban J connectivity index is 2.00. The lowest BCUT2D eigenvalue weighted by atomic mass is 10.1. The van der Waals surface area contributed by atoms with E-state index in [2.05, 4.69) is 5.32 Å². The van der Waals surface area contributed by atoms with Crippen molar-refractivity contribution < 1.29 is 22.7 Å². The van der Waals surface area contributed by atoms with Crippen molar-refractivity contribution >= 4 is 27.5 Å². The molecule has 9 heteroatoms. The van der Waals surface area contributed by atoms with Crippen LogP contribution in [0.3, 0.4) is 0 Å². The molecule has 3 aromatic carbocycles. The summed E-state index contributed by atoms with van der Waals surface area (Å²) in [7, 11) is -4.12. The van der Waals surface area contributed by atoms with Crippen molar-refractivity contribution in [2.75, 3.05) is 24.0 Å². The molecule has 0 saturated carbocycles. The molecule has 38 heavy (non-hydrogen) atoms. The summed E-state index contributed by atoms with van der Waals surface area (Å²) >= 11 is 0. The van der Waals surface area contributed by atoms with Gasteiger partial charge in [0.25, 0.3) is 10.0 Å². The molecule has 0 aliphatic carbocycles. The Bertz CT molecular complexity index is 1330. The summed E-state index contributed by atoms with van der Waals surface area (Å²) in [6, 6.07) is 21.4. The Morgan fingerprint density at radius 1 is 0.921 bits per heavy atom. The second-order valence-corrected chi connectivity index (χ2v) is 10.6. The number of para-hydroxylation sites is 1. The Morgan fingerprint density at radius 2 is 1.55 bits per heavy atom. The van der Waals surface area contributed by atoms with Crippen molar-refractivity contribution in [3.8, 4) is 5.75 Å². The number of amides is 2. The molecule has 1 atom stereocenters. The molecule has 0 spiro atoms. The minimum absolute atomic E-state index is 0.0276. The van der Waals surface area contributed by atoms with Crippen LogP contribution in [0.1, 0.15) is 31.9 Å². The predicted molar refractivity (Wildman–Crippen MR) is 148 cm³/mol. The zero-order chi connectivity index (χ0) is 27.7. The average Bonchev–Trinajstić information content (AvgIpc) is 2.92. The molecule has 0 aromatic heterocycles. The maximum atomic E-state index is 13.8. The molecule has 0 saturated heterocycles. The number of rotatable bonds is 12. The number of hydrogen-bond donors (Lipinski definition) is 1. The largest absolute Gasteiger partial charge is 0.494 e. The number of carbonyl (C=O) groups excluding carboxylic acids is 2. The second kappa shape index (κ2) is 13.1. The van der Waals surface area contributed by atoms with Crippen molar-refractivity contribution in [2.45, 2.75) is 45.2 Å². The minimum Gasteiger partial charge on any atom is -0.494 e. The van der Waals surface area contributed by atoms with Gasteiger partial charge in [-0.2, -0.15) is 0 Å². The molecule has 3 aromatic rings. The van der Waals surface area contributed by atoms with Gasteiger partial charge in [0.15, 0.2) is 0 Å². The van der Waals surface area contributed by atoms with E-state index in [1.807, 2.05) is 38.1 Å². The number of nitrogens with one attached hydrogen (secondary N) is 1. The Morgan fingerprint density at radius 3 is 2.16 bits per heavy atom. The Hall–Kier alpha value is -3.85. The van der Waals surface area contributed by atoms with Crippen LogP contribution >= 0.6 is 0 Å². The summed E-state index contributed by atoms with van der Waals surface area (Å²) in [6.45, 7) is 7.78. The molecule has 0 heterocycles. The SMILES string of the molecule is CCNC(=O)C(C)N(Cc1ccccc1C)C(=O)CN(c1ccccc1)S(=O)(=O)c1ccc(OCC)cc1. The first kappa shape index (κ1) is 28.7. The molecular formula is C29H35N3O5S. The third kappa shape index (κ3) is 6.92. The van der Waals surface area contributed by atoms with Crippen molar-refractivity contribution in [3.05, 3.63) is 90.0 Å². The lowest BCUT2D eigenvalue weighted by molar-refractivity contribution is -0.139. The number of ether oxygens (including phenoxy) is 1. The maximum Gasteiger partial charge on any atom is 0.264 e. The molecule has 0 aliphatic rings. The van der Waals surface area contributed by atoms with E-state index in [-0.39, 0.29) is 17.3 Å². The number of benzene rings is 3. The van der Waals surface area contributed by atoms with Gasteiger partial charge in [0, 0.05) is 13.1 Å². The average molecular weight is 538 g/mol. The zero-order valence-electron chi connectivity index (χ0n) is 22.3. The fraction of sp³-hybridized carbons (Fsp3) is 0.310. The van der Waals surface area contributed by atoms with E-state index in [4.69, 9.17) is 4.74 Å². The number of sulfonamides is 1. The van der Waals surface area contributed by atoms with Crippen molar-refractivity contribution in [3.63, 3.8) is 0 Å². The van der Waals surface area contributed by atoms with Crippen molar-refractivity contribution in [2.24, 2.45) is 0 Å². The van der Waals surface area contributed by atoms with Crippen molar-refractivity contribution in [1.82, 2.24) is 10.2 Å². The molecule has 3 rings (SSSR count). The molecule has 0 aliphatic heterocycles. The van der Waals surface area contributed by atoms with Gasteiger partial charge in [0.05, 0.1) is 17.2 Å². The monoisotopic (exact) mass is 537 g/mol. The highest BCUT2D eigenvalue weighted by Crippen LogP contribution is 2.26. The molecule has 0 bridgehead atoms. The summed E-state index contributed by atoms with van der Waals surface area (Å²) in [4.78, 5) is 28.1. The van der Waals surface area contributed by atoms with Gasteiger partial charge in [-0.1, -0.05) is 42.5 Å². The number of carbonyl (C=O) groups is 2. The van der Waals surface area contributed by atoms with Gasteiger partial charge in [-0.05, 0) is 75.2 Å². The topological polar surface area (TPSA) is 96.0 Å². The quantitative estimate of drug-likeness (QED) is 0.375. The fourth-order valence-corrected chi connectivity index (χ4v) is 5.41. The normalized spacial score (nSPS) is 11.9. The first-order chi connectivity index (χ1) is 18.2. The van der Waals surface area contributed by atoms with E-state index >= 15 is 0 Å². The van der Waals surface area contributed by atoms with Gasteiger partial charge in [0.2, 0.25) is 11.8 Å². The number of nitrogens with zero attached hydrogens (tertiary/aromatic N) is 2. The fourth-order valence-electron chi connectivity index (χ4n) is 4.00. The summed E-state index contributed by atoms with van der Waals surface area (Å²) in [5, 5.41) is 2.76. The molecule has 1 unspecified atom stereocenters. The van der Waals surface area contributed by atoms with Crippen LogP contribution in [0.4, 0.5) is 5.69 Å². The molecule has 8 nitrogen and oxygen atoms in total. The predicted octanol–water partition coefficient (Wildman–Crippen LogP) is 4.14. The van der Waals surface area contributed by atoms with E-state index in [1.54, 1.807) is 56.3 Å². The van der Waals surface area contributed by atoms with E-state index in [0.717, 1.165) is 15.4 Å². The van der Waals surface area contributed by atoms with Crippen molar-refractivity contribution in [1.29, 1.82) is 0 Å². The smallest absolute Gasteiger partial charge is 0.264 e. The van der Waals surface area contributed by atoms with E-state index in [0.29, 0.717) is 24.6 Å². The van der Waals surface area contributed by atoms with Gasteiger partial charge >= 0.3 is 0 Å². The third-order valence-electron chi connectivity index (χ3n) is 6.17. The van der Waals surface area contributed by atoms with Crippen LogP contribution in [-0.2, 0) is 26.2 Å². The van der Waals surface area contributed by atoms with E-state index < -0.39 is 28.5 Å². The van der Waals surface area contributed by atoms with Gasteiger partial charge in [0.1, 0.15) is 18.3 Å². The first-order valence-electron chi connectivity index (χ1n) is 12.6. The van der Waals surface area contributed by atoms with Crippen LogP contribution in [0.25, 0.3) is 0 Å². The number of hydrogen-bond acceptors (Lipinski definition) is 5. The minimum atomic E-state index is -4.12. The van der Waals surface area contributed by atoms with Gasteiger partial charge in [-0.25, -0.2) is 8.42 Å². The highest BCUT2D eigenvalue weighted by atomic mass is 32.2. The lowest BCUT2D eigenvalue weighted by Crippen LogP contribution is -2.51. The first-order valence-corrected chi connectivity index (χ1v) is 14.0. The highest BCUT2D eigenvalue weighted by molar-refractivity contribution is 7.92. The molecule has 0 fully saturated rings. The summed E-state index contributed by atoms with van der Waals surface area (Å²) in [5.41, 5.74) is 2.18. The molecule has 0 radical (unpaired) electrons. The van der Waals surface area contributed by atoms with Crippen LogP contribution in [0, 0.1) is 6.92 Å². The summed E-state index contributed by atoms with van der Waals surface area (Å²) in [5.74, 6) is -0.255. The van der Waals surface area contributed by atoms with Crippen LogP contribution in [0.5, 0.6) is 5.75 Å². The summed E-state index contributed by atoms with van der Waals surface area (Å²) in [6.07, 6.45) is 0. The van der Waals surface area contributed by atoms with Gasteiger partial charge in [-0.3, -0.25) is 13.9 Å². The highest BCUT2D eigenvalue weighted by Gasteiger charge is 2.32. The molecular weight excluding hydrogens is 502 g/mol. The molecule has 202 valence electrons. The van der Waals surface area contributed by atoms with Crippen LogP contribution in [-0.4, -0.2) is 50.9 Å². The van der Waals surface area contributed by atoms with Gasteiger partial charge in [-0.15, -0.1) is 0 Å². The Labute approximate surface area is 225 Å². The maximum absolute atomic E-state index is 13.8. The number of anilines is 1. The van der Waals surface area contributed by atoms with Crippen LogP contribution < -0.4 is 14.4 Å². The van der Waals surface area contributed by atoms with Crippen LogP contribution in [0.15, 0.2) is 83.8 Å². The molecule has 1 N–H and O–H groups in total. The van der Waals surface area contributed by atoms with E-state index in [1.165, 1.54) is 17.0 Å². The second-order valence-electron chi connectivity index (χ2n) is 8.77. The zero-order valence-corrected chi connectivity index (χ0v) is 23.1. The van der Waals surface area contributed by atoms with Gasteiger partial charge < -0.3 is 15.0 Å². The summed E-state index contributed by atoms with van der Waals surface area (Å²) < 4.78 is 34.2. The Kier molecular flexibility index (Phi) is 9.90. The number of aryl methyl sites for hydroxylation is 1. The number of likely N-dealkylation sites (N-methyl/N-ethyl adjacent to an activating group) is 1.